The van der Waals surface area contributed by atoms with Crippen molar-refractivity contribution in [3.05, 3.63) is 33.6 Å². The van der Waals surface area contributed by atoms with Gasteiger partial charge in [-0.3, -0.25) is 0 Å². The molecule has 0 fully saturated rings. The first-order valence-electron chi connectivity index (χ1n) is 3.53. The molecule has 0 unspecified atom stereocenters. The number of thiophene rings is 1. The summed E-state index contributed by atoms with van der Waals surface area (Å²) >= 11 is 4.95. The van der Waals surface area contributed by atoms with Crippen molar-refractivity contribution in [2.45, 2.75) is 6.67 Å². The van der Waals surface area contributed by atoms with Gasteiger partial charge in [0.25, 0.3) is 0 Å². The molecule has 62 valence electrons. The van der Waals surface area contributed by atoms with E-state index in [0.29, 0.717) is 0 Å². The van der Waals surface area contributed by atoms with Crippen molar-refractivity contribution in [1.82, 2.24) is 0 Å². The van der Waals surface area contributed by atoms with Crippen LogP contribution in [0.15, 0.2) is 28.1 Å². The fourth-order valence-corrected chi connectivity index (χ4v) is 2.44. The van der Waals surface area contributed by atoms with Crippen molar-refractivity contribution in [2.24, 2.45) is 0 Å². The molecule has 0 aliphatic carbocycles. The molecule has 0 bridgehead atoms. The Morgan fingerprint density at radius 3 is 3.00 bits per heavy atom. The number of hydrogen-bond acceptors (Lipinski definition) is 1. The Morgan fingerprint density at radius 2 is 2.25 bits per heavy atom. The van der Waals surface area contributed by atoms with Gasteiger partial charge in [-0.05, 0) is 29.0 Å². The summed E-state index contributed by atoms with van der Waals surface area (Å²) < 4.78 is 14.6. The molecule has 1 aromatic carbocycles. The Labute approximate surface area is 82.2 Å². The van der Waals surface area contributed by atoms with Gasteiger partial charge in [0.2, 0.25) is 0 Å². The van der Waals surface area contributed by atoms with E-state index in [2.05, 4.69) is 15.9 Å². The molecule has 0 N–H and O–H groups in total. The van der Waals surface area contributed by atoms with E-state index < -0.39 is 0 Å². The highest BCUT2D eigenvalue weighted by atomic mass is 79.9. The van der Waals surface area contributed by atoms with Gasteiger partial charge >= 0.3 is 0 Å². The van der Waals surface area contributed by atoms with E-state index in [4.69, 9.17) is 0 Å². The van der Waals surface area contributed by atoms with Gasteiger partial charge in [-0.1, -0.05) is 15.9 Å². The van der Waals surface area contributed by atoms with Crippen molar-refractivity contribution >= 4 is 37.4 Å². The van der Waals surface area contributed by atoms with E-state index in [1.54, 1.807) is 11.3 Å². The summed E-state index contributed by atoms with van der Waals surface area (Å²) in [6, 6.07) is 5.94. The number of hydrogen-bond donors (Lipinski definition) is 0. The predicted molar refractivity (Wildman–Crippen MR) is 54.3 cm³/mol. The summed E-state index contributed by atoms with van der Waals surface area (Å²) in [7, 11) is 0. The quantitative estimate of drug-likeness (QED) is 0.708. The van der Waals surface area contributed by atoms with E-state index in [0.717, 1.165) is 20.1 Å². The summed E-state index contributed by atoms with van der Waals surface area (Å²) in [5, 5.41) is 2.90. The van der Waals surface area contributed by atoms with Gasteiger partial charge < -0.3 is 0 Å². The van der Waals surface area contributed by atoms with Crippen molar-refractivity contribution < 1.29 is 4.39 Å². The summed E-state index contributed by atoms with van der Waals surface area (Å²) in [6.45, 7) is -0.379. The van der Waals surface area contributed by atoms with E-state index in [9.17, 15) is 4.39 Å². The zero-order valence-corrected chi connectivity index (χ0v) is 8.58. The fourth-order valence-electron chi connectivity index (χ4n) is 1.16. The number of alkyl halides is 1. The molecule has 1 aromatic heterocycles. The van der Waals surface area contributed by atoms with Crippen LogP contribution in [0.5, 0.6) is 0 Å². The third-order valence-corrected chi connectivity index (χ3v) is 3.27. The maximum absolute atomic E-state index is 12.4. The predicted octanol–water partition coefficient (Wildman–Crippen LogP) is 4.13. The first-order chi connectivity index (χ1) is 5.81. The molecule has 2 rings (SSSR count). The smallest absolute Gasteiger partial charge is 0.116 e. The second-order valence-corrected chi connectivity index (χ2v) is 4.36. The third-order valence-electron chi connectivity index (χ3n) is 1.76. The van der Waals surface area contributed by atoms with Gasteiger partial charge in [-0.25, -0.2) is 4.39 Å². The Kier molecular flexibility index (Phi) is 2.15. The molecule has 0 radical (unpaired) electrons. The average Bonchev–Trinajstić information content (AvgIpc) is 2.46. The van der Waals surface area contributed by atoms with Crippen LogP contribution < -0.4 is 0 Å². The van der Waals surface area contributed by atoms with Crippen molar-refractivity contribution in [1.29, 1.82) is 0 Å². The van der Waals surface area contributed by atoms with E-state index in [-0.39, 0.29) is 6.67 Å². The molecule has 0 aliphatic rings. The Morgan fingerprint density at radius 1 is 1.42 bits per heavy atom. The Balaban J connectivity index is 2.75. The zero-order chi connectivity index (χ0) is 8.55. The third kappa shape index (κ3) is 1.27. The lowest BCUT2D eigenvalue weighted by molar-refractivity contribution is 0.488. The Hall–Kier alpha value is -0.410. The van der Waals surface area contributed by atoms with Gasteiger partial charge in [0.05, 0.1) is 0 Å². The van der Waals surface area contributed by atoms with Crippen molar-refractivity contribution in [3.8, 4) is 0 Å². The molecule has 3 heteroatoms. The molecule has 0 amide bonds. The molecule has 0 saturated carbocycles. The minimum absolute atomic E-state index is 0.379. The molecular formula is C9H6BrFS. The monoisotopic (exact) mass is 244 g/mol. The minimum Gasteiger partial charge on any atom is -0.246 e. The fraction of sp³-hybridized carbons (Fsp3) is 0.111. The molecule has 12 heavy (non-hydrogen) atoms. The maximum atomic E-state index is 12.4. The molecule has 0 aliphatic heterocycles. The zero-order valence-electron chi connectivity index (χ0n) is 6.18. The lowest BCUT2D eigenvalue weighted by atomic mass is 10.2. The first kappa shape index (κ1) is 8.20. The topological polar surface area (TPSA) is 0 Å². The summed E-state index contributed by atoms with van der Waals surface area (Å²) in [6.07, 6.45) is 0. The van der Waals surface area contributed by atoms with E-state index in [1.165, 1.54) is 0 Å². The number of fused-ring (bicyclic) bond motifs is 1. The molecule has 0 saturated heterocycles. The van der Waals surface area contributed by atoms with E-state index >= 15 is 0 Å². The molecule has 1 heterocycles. The van der Waals surface area contributed by atoms with Crippen LogP contribution in [0, 0.1) is 0 Å². The van der Waals surface area contributed by atoms with E-state index in [1.807, 2.05) is 23.6 Å². The first-order valence-corrected chi connectivity index (χ1v) is 5.20. The Bertz CT molecular complexity index is 408. The lowest BCUT2D eigenvalue weighted by Gasteiger charge is -1.93. The standard InChI is InChI=1S/C9H6BrFS/c10-7-1-2-9-8(3-7)6(4-11)5-12-9/h1-3,5H,4H2. The molecule has 0 atom stereocenters. The highest BCUT2D eigenvalue weighted by molar-refractivity contribution is 9.10. The van der Waals surface area contributed by atoms with Crippen LogP contribution in [0.4, 0.5) is 4.39 Å². The largest absolute Gasteiger partial charge is 0.246 e. The average molecular weight is 245 g/mol. The van der Waals surface area contributed by atoms with Gasteiger partial charge in [-0.2, -0.15) is 0 Å². The number of rotatable bonds is 1. The molecular weight excluding hydrogens is 239 g/mol. The normalized spacial score (nSPS) is 10.8. The van der Waals surface area contributed by atoms with Crippen LogP contribution in [0.2, 0.25) is 0 Å². The summed E-state index contributed by atoms with van der Waals surface area (Å²) in [5.41, 5.74) is 0.788. The molecule has 2 aromatic rings. The minimum atomic E-state index is -0.379. The second-order valence-electron chi connectivity index (χ2n) is 2.54. The maximum Gasteiger partial charge on any atom is 0.116 e. The van der Waals surface area contributed by atoms with Crippen LogP contribution in [0.1, 0.15) is 5.56 Å². The lowest BCUT2D eigenvalue weighted by Crippen LogP contribution is -1.73. The van der Waals surface area contributed by atoms with Crippen LogP contribution in [0.25, 0.3) is 10.1 Å². The number of halogens is 2. The second kappa shape index (κ2) is 3.15. The molecule has 0 spiro atoms. The van der Waals surface area contributed by atoms with Crippen LogP contribution in [0.3, 0.4) is 0 Å². The van der Waals surface area contributed by atoms with Crippen LogP contribution in [-0.2, 0) is 6.67 Å². The highest BCUT2D eigenvalue weighted by Gasteiger charge is 2.02. The van der Waals surface area contributed by atoms with Crippen LogP contribution in [-0.4, -0.2) is 0 Å². The SMILES string of the molecule is FCc1csc2ccc(Br)cc12. The summed E-state index contributed by atoms with van der Waals surface area (Å²) in [4.78, 5) is 0. The van der Waals surface area contributed by atoms with Gasteiger partial charge in [0.1, 0.15) is 6.67 Å². The van der Waals surface area contributed by atoms with Crippen molar-refractivity contribution in [3.63, 3.8) is 0 Å². The highest BCUT2D eigenvalue weighted by Crippen LogP contribution is 2.29. The summed E-state index contributed by atoms with van der Waals surface area (Å²) in [5.74, 6) is 0. The van der Waals surface area contributed by atoms with Gasteiger partial charge in [-0.15, -0.1) is 11.3 Å². The van der Waals surface area contributed by atoms with Crippen LogP contribution >= 0.6 is 27.3 Å². The molecule has 0 nitrogen and oxygen atoms in total. The van der Waals surface area contributed by atoms with Gasteiger partial charge in [0, 0.05) is 14.7 Å². The van der Waals surface area contributed by atoms with Crippen molar-refractivity contribution in [2.75, 3.05) is 0 Å². The van der Waals surface area contributed by atoms with Gasteiger partial charge in [0.15, 0.2) is 0 Å². The number of benzene rings is 1.